The summed E-state index contributed by atoms with van der Waals surface area (Å²) in [6.07, 6.45) is 4.48. The van der Waals surface area contributed by atoms with E-state index in [0.717, 1.165) is 29.5 Å². The van der Waals surface area contributed by atoms with Gasteiger partial charge in [0, 0.05) is 12.2 Å². The molecular formula is C35H44O6. The first-order chi connectivity index (χ1) is 20.3. The van der Waals surface area contributed by atoms with Gasteiger partial charge in [-0.25, -0.2) is 0 Å². The van der Waals surface area contributed by atoms with Crippen molar-refractivity contribution in [3.63, 3.8) is 0 Å². The highest BCUT2D eigenvalue weighted by atomic mass is 16.8. The van der Waals surface area contributed by atoms with Gasteiger partial charge in [-0.15, -0.1) is 0 Å². The van der Waals surface area contributed by atoms with E-state index in [-0.39, 0.29) is 12.2 Å². The van der Waals surface area contributed by atoms with Crippen molar-refractivity contribution in [1.29, 1.82) is 0 Å². The lowest BCUT2D eigenvalue weighted by atomic mass is 9.97. The molecule has 5 rings (SSSR count). The molecule has 2 saturated heterocycles. The second kappa shape index (κ2) is 16.2. The second-order valence-electron chi connectivity index (χ2n) is 10.9. The van der Waals surface area contributed by atoms with Gasteiger partial charge in [0.2, 0.25) is 0 Å². The SMILES string of the molecule is CCCCCCCCO[C@@H]1O[C@@H]2COC(c3ccccc3)O[C@H]2[C@H](OCc2ccccc2)[C@H]1OCc1ccccc1. The predicted molar refractivity (Wildman–Crippen MR) is 158 cm³/mol. The standard InChI is InChI=1S/C35H44O6/c1-2-3-4-5-6-16-23-36-35-33(38-25-28-19-12-8-13-20-28)32(37-24-27-17-10-7-11-18-27)31-30(40-35)26-39-34(41-31)29-21-14-9-15-22-29/h7-15,17-22,30-35H,2-6,16,23-26H2,1H3/t30-,31-,32+,33-,34?,35-/m1/s1. The maximum absolute atomic E-state index is 6.66. The van der Waals surface area contributed by atoms with E-state index in [4.69, 9.17) is 28.4 Å². The molecule has 41 heavy (non-hydrogen) atoms. The molecule has 2 fully saturated rings. The molecule has 1 unspecified atom stereocenters. The summed E-state index contributed by atoms with van der Waals surface area (Å²) < 4.78 is 38.9. The smallest absolute Gasteiger partial charge is 0.186 e. The highest BCUT2D eigenvalue weighted by Gasteiger charge is 2.51. The molecule has 3 aromatic carbocycles. The molecule has 0 amide bonds. The molecule has 220 valence electrons. The Morgan fingerprint density at radius 1 is 0.634 bits per heavy atom. The molecule has 6 nitrogen and oxygen atoms in total. The van der Waals surface area contributed by atoms with Gasteiger partial charge in [-0.3, -0.25) is 0 Å². The summed E-state index contributed by atoms with van der Waals surface area (Å²) >= 11 is 0. The van der Waals surface area contributed by atoms with E-state index >= 15 is 0 Å². The lowest BCUT2D eigenvalue weighted by molar-refractivity contribution is -0.372. The molecule has 0 aliphatic carbocycles. The van der Waals surface area contributed by atoms with Crippen LogP contribution in [0.15, 0.2) is 91.0 Å². The minimum Gasteiger partial charge on any atom is -0.368 e. The third-order valence-corrected chi connectivity index (χ3v) is 7.71. The normalized spacial score (nSPS) is 26.0. The Balaban J connectivity index is 1.33. The highest BCUT2D eigenvalue weighted by Crippen LogP contribution is 2.37. The Bertz CT molecular complexity index is 1110. The zero-order valence-electron chi connectivity index (χ0n) is 24.1. The molecule has 0 spiro atoms. The van der Waals surface area contributed by atoms with Crippen LogP contribution in [0.25, 0.3) is 0 Å². The topological polar surface area (TPSA) is 55.4 Å². The van der Waals surface area contributed by atoms with Gasteiger partial charge in [0.05, 0.1) is 19.8 Å². The maximum atomic E-state index is 6.66. The van der Waals surface area contributed by atoms with Crippen molar-refractivity contribution in [2.24, 2.45) is 0 Å². The summed E-state index contributed by atoms with van der Waals surface area (Å²) in [5.74, 6) is 0. The van der Waals surface area contributed by atoms with Crippen LogP contribution in [-0.2, 0) is 41.6 Å². The number of unbranched alkanes of at least 4 members (excludes halogenated alkanes) is 5. The van der Waals surface area contributed by atoms with E-state index in [1.807, 2.05) is 66.7 Å². The quantitative estimate of drug-likeness (QED) is 0.181. The molecule has 0 N–H and O–H groups in total. The molecule has 6 atom stereocenters. The van der Waals surface area contributed by atoms with Crippen LogP contribution in [0, 0.1) is 0 Å². The fraction of sp³-hybridized carbons (Fsp3) is 0.486. The third-order valence-electron chi connectivity index (χ3n) is 7.71. The molecule has 0 bridgehead atoms. The van der Waals surface area contributed by atoms with Crippen LogP contribution in [0.3, 0.4) is 0 Å². The predicted octanol–water partition coefficient (Wildman–Crippen LogP) is 7.37. The highest BCUT2D eigenvalue weighted by molar-refractivity contribution is 5.17. The lowest BCUT2D eigenvalue weighted by Gasteiger charge is -2.49. The van der Waals surface area contributed by atoms with Crippen LogP contribution in [0.4, 0.5) is 0 Å². The summed E-state index contributed by atoms with van der Waals surface area (Å²) in [7, 11) is 0. The minimum absolute atomic E-state index is 0.332. The molecular weight excluding hydrogens is 516 g/mol. The van der Waals surface area contributed by atoms with Crippen LogP contribution >= 0.6 is 0 Å². The molecule has 2 aliphatic heterocycles. The van der Waals surface area contributed by atoms with Crippen molar-refractivity contribution in [2.75, 3.05) is 13.2 Å². The number of hydrogen-bond acceptors (Lipinski definition) is 6. The number of ether oxygens (including phenoxy) is 6. The first-order valence-electron chi connectivity index (χ1n) is 15.2. The number of benzene rings is 3. The van der Waals surface area contributed by atoms with Crippen molar-refractivity contribution in [3.05, 3.63) is 108 Å². The fourth-order valence-corrected chi connectivity index (χ4v) is 5.44. The van der Waals surface area contributed by atoms with Gasteiger partial charge in [-0.1, -0.05) is 130 Å². The molecule has 2 heterocycles. The van der Waals surface area contributed by atoms with Crippen LogP contribution in [0.1, 0.15) is 68.4 Å². The molecule has 6 heteroatoms. The number of rotatable bonds is 15. The summed E-state index contributed by atoms with van der Waals surface area (Å²) in [4.78, 5) is 0. The van der Waals surface area contributed by atoms with Crippen molar-refractivity contribution in [3.8, 4) is 0 Å². The summed E-state index contributed by atoms with van der Waals surface area (Å²) in [5, 5.41) is 0. The van der Waals surface area contributed by atoms with E-state index in [9.17, 15) is 0 Å². The maximum Gasteiger partial charge on any atom is 0.186 e. The molecule has 0 saturated carbocycles. The Morgan fingerprint density at radius 2 is 1.22 bits per heavy atom. The van der Waals surface area contributed by atoms with Crippen LogP contribution in [0.2, 0.25) is 0 Å². The first-order valence-corrected chi connectivity index (χ1v) is 15.2. The van der Waals surface area contributed by atoms with Gasteiger partial charge < -0.3 is 28.4 Å². The molecule has 0 radical (unpaired) electrons. The van der Waals surface area contributed by atoms with Crippen LogP contribution in [0.5, 0.6) is 0 Å². The summed E-state index contributed by atoms with van der Waals surface area (Å²) in [6.45, 7) is 4.09. The number of hydrogen-bond donors (Lipinski definition) is 0. The molecule has 0 aromatic heterocycles. The Kier molecular flexibility index (Phi) is 11.8. The largest absolute Gasteiger partial charge is 0.368 e. The Hall–Kier alpha value is -2.58. The van der Waals surface area contributed by atoms with E-state index in [2.05, 4.69) is 31.2 Å². The van der Waals surface area contributed by atoms with E-state index in [0.29, 0.717) is 26.4 Å². The monoisotopic (exact) mass is 560 g/mol. The van der Waals surface area contributed by atoms with Gasteiger partial charge in [0.1, 0.15) is 24.4 Å². The van der Waals surface area contributed by atoms with Crippen molar-refractivity contribution in [1.82, 2.24) is 0 Å². The first kappa shape index (κ1) is 29.9. The Labute approximate surface area is 244 Å². The van der Waals surface area contributed by atoms with Crippen molar-refractivity contribution < 1.29 is 28.4 Å². The number of fused-ring (bicyclic) bond motifs is 1. The van der Waals surface area contributed by atoms with Gasteiger partial charge in [-0.05, 0) is 17.5 Å². The third kappa shape index (κ3) is 8.71. The van der Waals surface area contributed by atoms with E-state index in [1.54, 1.807) is 0 Å². The lowest BCUT2D eigenvalue weighted by Crippen LogP contribution is -2.63. The van der Waals surface area contributed by atoms with E-state index < -0.39 is 24.8 Å². The van der Waals surface area contributed by atoms with Gasteiger partial charge in [-0.2, -0.15) is 0 Å². The van der Waals surface area contributed by atoms with Crippen LogP contribution < -0.4 is 0 Å². The minimum atomic E-state index is -0.586. The average Bonchev–Trinajstić information content (AvgIpc) is 3.03. The van der Waals surface area contributed by atoms with Crippen LogP contribution in [-0.4, -0.2) is 43.9 Å². The Morgan fingerprint density at radius 3 is 1.88 bits per heavy atom. The van der Waals surface area contributed by atoms with Crippen molar-refractivity contribution >= 4 is 0 Å². The molecule has 3 aromatic rings. The summed E-state index contributed by atoms with van der Waals surface area (Å²) in [6, 6.07) is 30.4. The van der Waals surface area contributed by atoms with Gasteiger partial charge in [0.25, 0.3) is 0 Å². The molecule has 2 aliphatic rings. The van der Waals surface area contributed by atoms with Gasteiger partial charge >= 0.3 is 0 Å². The van der Waals surface area contributed by atoms with Gasteiger partial charge in [0.15, 0.2) is 12.6 Å². The summed E-state index contributed by atoms with van der Waals surface area (Å²) in [5.41, 5.74) is 3.14. The van der Waals surface area contributed by atoms with Crippen molar-refractivity contribution in [2.45, 2.75) is 95.7 Å². The zero-order chi connectivity index (χ0) is 28.1. The fourth-order valence-electron chi connectivity index (χ4n) is 5.44. The zero-order valence-corrected chi connectivity index (χ0v) is 24.1. The second-order valence-corrected chi connectivity index (χ2v) is 10.9. The average molecular weight is 561 g/mol. The van der Waals surface area contributed by atoms with E-state index in [1.165, 1.54) is 25.7 Å².